The van der Waals surface area contributed by atoms with E-state index in [1.54, 1.807) is 0 Å². The Morgan fingerprint density at radius 3 is 2.67 bits per heavy atom. The lowest BCUT2D eigenvalue weighted by Gasteiger charge is -2.24. The number of aliphatic hydroxyl groups excluding tert-OH is 1. The molecule has 3 nitrogen and oxygen atoms in total. The first-order valence-electron chi connectivity index (χ1n) is 7.82. The molecular weight excluding hydrogens is 224 g/mol. The molecule has 3 heteroatoms. The zero-order chi connectivity index (χ0) is 13.0. The second-order valence-corrected chi connectivity index (χ2v) is 6.46. The van der Waals surface area contributed by atoms with Crippen LogP contribution in [-0.2, 0) is 0 Å². The molecule has 2 aliphatic rings. The maximum absolute atomic E-state index is 10.1. The van der Waals surface area contributed by atoms with Crippen LogP contribution in [0.25, 0.3) is 0 Å². The van der Waals surface area contributed by atoms with Crippen LogP contribution >= 0.6 is 0 Å². The summed E-state index contributed by atoms with van der Waals surface area (Å²) >= 11 is 0. The summed E-state index contributed by atoms with van der Waals surface area (Å²) in [7, 11) is 0. The standard InChI is InChI=1S/C15H30N2O/c1-12(2)17-9-8-13(11-17)10-16-14-6-4-3-5-7-15(14)18/h12-16,18H,3-11H2,1-2H3. The maximum atomic E-state index is 10.1. The van der Waals surface area contributed by atoms with Gasteiger partial charge in [-0.1, -0.05) is 19.3 Å². The van der Waals surface area contributed by atoms with Gasteiger partial charge in [0.2, 0.25) is 0 Å². The summed E-state index contributed by atoms with van der Waals surface area (Å²) in [4.78, 5) is 2.57. The predicted molar refractivity (Wildman–Crippen MR) is 75.7 cm³/mol. The van der Waals surface area contributed by atoms with Gasteiger partial charge in [-0.05, 0) is 52.1 Å². The van der Waals surface area contributed by atoms with Gasteiger partial charge < -0.3 is 15.3 Å². The lowest BCUT2D eigenvalue weighted by atomic mass is 10.0. The summed E-state index contributed by atoms with van der Waals surface area (Å²) in [6.45, 7) is 8.13. The largest absolute Gasteiger partial charge is 0.392 e. The lowest BCUT2D eigenvalue weighted by molar-refractivity contribution is 0.117. The molecule has 3 unspecified atom stereocenters. The van der Waals surface area contributed by atoms with Crippen LogP contribution in [0.2, 0.25) is 0 Å². The summed E-state index contributed by atoms with van der Waals surface area (Å²) in [5, 5.41) is 13.7. The summed E-state index contributed by atoms with van der Waals surface area (Å²) in [5.74, 6) is 0.780. The zero-order valence-electron chi connectivity index (χ0n) is 12.1. The van der Waals surface area contributed by atoms with E-state index in [2.05, 4.69) is 24.1 Å². The molecule has 2 fully saturated rings. The third kappa shape index (κ3) is 3.94. The van der Waals surface area contributed by atoms with Crippen LogP contribution in [0, 0.1) is 5.92 Å². The van der Waals surface area contributed by atoms with Crippen molar-refractivity contribution in [3.05, 3.63) is 0 Å². The number of hydrogen-bond acceptors (Lipinski definition) is 3. The van der Waals surface area contributed by atoms with Crippen molar-refractivity contribution in [2.24, 2.45) is 5.92 Å². The molecule has 18 heavy (non-hydrogen) atoms. The Morgan fingerprint density at radius 2 is 1.94 bits per heavy atom. The normalized spacial score (nSPS) is 35.0. The molecule has 0 aromatic carbocycles. The van der Waals surface area contributed by atoms with E-state index < -0.39 is 0 Å². The molecule has 0 bridgehead atoms. The van der Waals surface area contributed by atoms with Crippen molar-refractivity contribution in [2.75, 3.05) is 19.6 Å². The zero-order valence-corrected chi connectivity index (χ0v) is 12.1. The molecule has 1 aliphatic heterocycles. The van der Waals surface area contributed by atoms with Gasteiger partial charge in [-0.3, -0.25) is 0 Å². The van der Waals surface area contributed by atoms with E-state index in [1.165, 1.54) is 38.8 Å². The fourth-order valence-electron chi connectivity index (χ4n) is 3.34. The van der Waals surface area contributed by atoms with E-state index in [0.717, 1.165) is 25.3 Å². The number of rotatable bonds is 4. The van der Waals surface area contributed by atoms with Crippen LogP contribution < -0.4 is 5.32 Å². The Hall–Kier alpha value is -0.120. The van der Waals surface area contributed by atoms with E-state index in [1.807, 2.05) is 0 Å². The van der Waals surface area contributed by atoms with E-state index in [4.69, 9.17) is 0 Å². The van der Waals surface area contributed by atoms with Crippen molar-refractivity contribution in [1.29, 1.82) is 0 Å². The van der Waals surface area contributed by atoms with Gasteiger partial charge in [0.1, 0.15) is 0 Å². The summed E-state index contributed by atoms with van der Waals surface area (Å²) < 4.78 is 0. The molecule has 3 atom stereocenters. The molecule has 0 aromatic heterocycles. The number of nitrogens with one attached hydrogen (secondary N) is 1. The third-order valence-electron chi connectivity index (χ3n) is 4.70. The average molecular weight is 254 g/mol. The smallest absolute Gasteiger partial charge is 0.0693 e. The van der Waals surface area contributed by atoms with E-state index in [0.29, 0.717) is 12.1 Å². The minimum Gasteiger partial charge on any atom is -0.392 e. The summed E-state index contributed by atoms with van der Waals surface area (Å²) in [6.07, 6.45) is 7.10. The van der Waals surface area contributed by atoms with Crippen LogP contribution in [0.5, 0.6) is 0 Å². The quantitative estimate of drug-likeness (QED) is 0.753. The van der Waals surface area contributed by atoms with E-state index >= 15 is 0 Å². The highest BCUT2D eigenvalue weighted by atomic mass is 16.3. The highest BCUT2D eigenvalue weighted by Crippen LogP contribution is 2.21. The second kappa shape index (κ2) is 6.88. The van der Waals surface area contributed by atoms with Gasteiger partial charge in [0.05, 0.1) is 6.10 Å². The number of likely N-dealkylation sites (tertiary alicyclic amines) is 1. The molecule has 0 spiro atoms. The highest BCUT2D eigenvalue weighted by Gasteiger charge is 2.26. The van der Waals surface area contributed by atoms with Gasteiger partial charge in [0.25, 0.3) is 0 Å². The molecule has 0 amide bonds. The molecular formula is C15H30N2O. The minimum absolute atomic E-state index is 0.116. The maximum Gasteiger partial charge on any atom is 0.0693 e. The van der Waals surface area contributed by atoms with Gasteiger partial charge in [0, 0.05) is 18.6 Å². The van der Waals surface area contributed by atoms with Crippen molar-refractivity contribution in [2.45, 2.75) is 70.6 Å². The van der Waals surface area contributed by atoms with Crippen LogP contribution in [-0.4, -0.2) is 47.8 Å². The molecule has 1 saturated carbocycles. The van der Waals surface area contributed by atoms with Gasteiger partial charge >= 0.3 is 0 Å². The lowest BCUT2D eigenvalue weighted by Crippen LogP contribution is -2.42. The first-order valence-corrected chi connectivity index (χ1v) is 7.82. The molecule has 0 radical (unpaired) electrons. The monoisotopic (exact) mass is 254 g/mol. The fraction of sp³-hybridized carbons (Fsp3) is 1.00. The van der Waals surface area contributed by atoms with Gasteiger partial charge in [0.15, 0.2) is 0 Å². The van der Waals surface area contributed by atoms with E-state index in [-0.39, 0.29) is 6.10 Å². The highest BCUT2D eigenvalue weighted by molar-refractivity contribution is 4.83. The topological polar surface area (TPSA) is 35.5 Å². The van der Waals surface area contributed by atoms with E-state index in [9.17, 15) is 5.11 Å². The minimum atomic E-state index is -0.116. The molecule has 106 valence electrons. The van der Waals surface area contributed by atoms with Crippen LogP contribution in [0.4, 0.5) is 0 Å². The van der Waals surface area contributed by atoms with Crippen LogP contribution in [0.3, 0.4) is 0 Å². The summed E-state index contributed by atoms with van der Waals surface area (Å²) in [5.41, 5.74) is 0. The molecule has 1 heterocycles. The van der Waals surface area contributed by atoms with Crippen LogP contribution in [0.15, 0.2) is 0 Å². The first kappa shape index (κ1) is 14.3. The molecule has 1 saturated heterocycles. The van der Waals surface area contributed by atoms with Gasteiger partial charge in [-0.2, -0.15) is 0 Å². The molecule has 0 aromatic rings. The Labute approximate surface area is 112 Å². The van der Waals surface area contributed by atoms with Gasteiger partial charge in [-0.15, -0.1) is 0 Å². The SMILES string of the molecule is CC(C)N1CCC(CNC2CCCCCC2O)C1. The molecule has 2 rings (SSSR count). The Kier molecular flexibility index (Phi) is 5.46. The van der Waals surface area contributed by atoms with Gasteiger partial charge in [-0.25, -0.2) is 0 Å². The third-order valence-corrected chi connectivity index (χ3v) is 4.70. The van der Waals surface area contributed by atoms with Crippen molar-refractivity contribution in [3.8, 4) is 0 Å². The van der Waals surface area contributed by atoms with Crippen molar-refractivity contribution >= 4 is 0 Å². The average Bonchev–Trinajstić information content (AvgIpc) is 2.72. The number of aliphatic hydroxyl groups is 1. The Balaban J connectivity index is 1.71. The first-order chi connectivity index (χ1) is 8.66. The number of hydrogen-bond donors (Lipinski definition) is 2. The van der Waals surface area contributed by atoms with Crippen LogP contribution in [0.1, 0.15) is 52.4 Å². The Morgan fingerprint density at radius 1 is 1.17 bits per heavy atom. The fourth-order valence-corrected chi connectivity index (χ4v) is 3.34. The predicted octanol–water partition coefficient (Wildman–Crippen LogP) is 2.00. The van der Waals surface area contributed by atoms with Crippen molar-refractivity contribution in [3.63, 3.8) is 0 Å². The summed E-state index contributed by atoms with van der Waals surface area (Å²) in [6, 6.07) is 1.03. The Bertz CT molecular complexity index is 245. The van der Waals surface area contributed by atoms with Crippen molar-refractivity contribution in [1.82, 2.24) is 10.2 Å². The molecule has 1 aliphatic carbocycles. The van der Waals surface area contributed by atoms with Crippen molar-refractivity contribution < 1.29 is 5.11 Å². The second-order valence-electron chi connectivity index (χ2n) is 6.46. The molecule has 2 N–H and O–H groups in total. The number of nitrogens with zero attached hydrogens (tertiary/aromatic N) is 1.